The van der Waals surface area contributed by atoms with E-state index in [1.165, 1.54) is 0 Å². The fraction of sp³-hybridized carbons (Fsp3) is 0.412. The molecule has 2 N–H and O–H groups in total. The van der Waals surface area contributed by atoms with Crippen LogP contribution in [0, 0.1) is 5.92 Å². The van der Waals surface area contributed by atoms with Gasteiger partial charge in [0.05, 0.1) is 24.4 Å². The van der Waals surface area contributed by atoms with E-state index in [0.717, 1.165) is 34.4 Å². The van der Waals surface area contributed by atoms with E-state index in [2.05, 4.69) is 37.7 Å². The molecule has 5 nitrogen and oxygen atoms in total. The molecule has 2 unspecified atom stereocenters. The number of aromatic nitrogens is 2. The molecule has 2 aromatic rings. The summed E-state index contributed by atoms with van der Waals surface area (Å²) in [6, 6.07) is 8.43. The summed E-state index contributed by atoms with van der Waals surface area (Å²) < 4.78 is 1.03. The quantitative estimate of drug-likeness (QED) is 0.854. The van der Waals surface area contributed by atoms with Crippen molar-refractivity contribution in [1.29, 1.82) is 0 Å². The monoisotopic (exact) mass is 377 g/mol. The first kappa shape index (κ1) is 16.2. The van der Waals surface area contributed by atoms with Gasteiger partial charge in [-0.2, -0.15) is 0 Å². The number of carbonyl (C=O) groups is 1. The molecule has 1 aromatic carbocycles. The Labute approximate surface area is 143 Å². The molecule has 0 spiro atoms. The standard InChI is InChI=1S/C17H20BrN3O2/c1-11-5-6-13(17(22)23)9-21(11)10-16-19-8-15(20-16)12-3-2-4-14(18)7-12/h2-4,7-8,11,13H,5-6,9-10H2,1H3,(H,19,20)(H,22,23). The largest absolute Gasteiger partial charge is 0.481 e. The first-order valence-electron chi connectivity index (χ1n) is 7.79. The van der Waals surface area contributed by atoms with Gasteiger partial charge in [-0.25, -0.2) is 4.98 Å². The maximum atomic E-state index is 11.2. The lowest BCUT2D eigenvalue weighted by Gasteiger charge is -2.35. The smallest absolute Gasteiger partial charge is 0.307 e. The van der Waals surface area contributed by atoms with Crippen LogP contribution in [-0.2, 0) is 11.3 Å². The molecule has 6 heteroatoms. The van der Waals surface area contributed by atoms with Crippen molar-refractivity contribution in [2.24, 2.45) is 5.92 Å². The molecule has 23 heavy (non-hydrogen) atoms. The SMILES string of the molecule is CC1CCC(C(=O)O)CN1Cc1ncc(-c2cccc(Br)c2)[nH]1. The van der Waals surface area contributed by atoms with Crippen molar-refractivity contribution in [2.75, 3.05) is 6.54 Å². The summed E-state index contributed by atoms with van der Waals surface area (Å²) >= 11 is 3.48. The first-order valence-corrected chi connectivity index (χ1v) is 8.59. The number of benzene rings is 1. The third-order valence-electron chi connectivity index (χ3n) is 4.48. The molecule has 0 saturated carbocycles. The predicted molar refractivity (Wildman–Crippen MR) is 92.0 cm³/mol. The van der Waals surface area contributed by atoms with Crippen molar-refractivity contribution >= 4 is 21.9 Å². The van der Waals surface area contributed by atoms with Crippen LogP contribution in [0.2, 0.25) is 0 Å². The molecule has 0 aliphatic carbocycles. The summed E-state index contributed by atoms with van der Waals surface area (Å²) in [6.45, 7) is 3.39. The minimum atomic E-state index is -0.698. The van der Waals surface area contributed by atoms with Gasteiger partial charge in [-0.1, -0.05) is 28.1 Å². The third kappa shape index (κ3) is 3.82. The van der Waals surface area contributed by atoms with E-state index >= 15 is 0 Å². The van der Waals surface area contributed by atoms with Gasteiger partial charge in [0.25, 0.3) is 0 Å². The summed E-state index contributed by atoms with van der Waals surface area (Å²) in [6.07, 6.45) is 3.50. The average molecular weight is 378 g/mol. The minimum Gasteiger partial charge on any atom is -0.481 e. The number of halogens is 1. The molecule has 0 amide bonds. The predicted octanol–water partition coefficient (Wildman–Crippen LogP) is 3.52. The lowest BCUT2D eigenvalue weighted by atomic mass is 9.93. The summed E-state index contributed by atoms with van der Waals surface area (Å²) in [5.74, 6) is -0.0975. The van der Waals surface area contributed by atoms with Crippen LogP contribution >= 0.6 is 15.9 Å². The topological polar surface area (TPSA) is 69.2 Å². The maximum Gasteiger partial charge on any atom is 0.307 e. The average Bonchev–Trinajstić information content (AvgIpc) is 2.98. The number of nitrogens with one attached hydrogen (secondary N) is 1. The number of H-pyrrole nitrogens is 1. The highest BCUT2D eigenvalue weighted by atomic mass is 79.9. The summed E-state index contributed by atoms with van der Waals surface area (Å²) in [7, 11) is 0. The van der Waals surface area contributed by atoms with E-state index in [0.29, 0.717) is 19.1 Å². The van der Waals surface area contributed by atoms with Crippen molar-refractivity contribution in [1.82, 2.24) is 14.9 Å². The van der Waals surface area contributed by atoms with Crippen LogP contribution < -0.4 is 0 Å². The number of carboxylic acid groups (broad SMARTS) is 1. The van der Waals surface area contributed by atoms with Gasteiger partial charge in [0.1, 0.15) is 5.82 Å². The van der Waals surface area contributed by atoms with E-state index in [-0.39, 0.29) is 5.92 Å². The molecule has 1 aromatic heterocycles. The Morgan fingerprint density at radius 2 is 2.30 bits per heavy atom. The van der Waals surface area contributed by atoms with Crippen LogP contribution in [0.5, 0.6) is 0 Å². The summed E-state index contributed by atoms with van der Waals surface area (Å²) in [5, 5.41) is 9.23. The Bertz CT molecular complexity index is 701. The molecule has 0 bridgehead atoms. The number of rotatable bonds is 4. The number of hydrogen-bond acceptors (Lipinski definition) is 3. The molecule has 2 atom stereocenters. The van der Waals surface area contributed by atoms with Gasteiger partial charge in [-0.3, -0.25) is 9.69 Å². The number of piperidine rings is 1. The van der Waals surface area contributed by atoms with E-state index in [1.54, 1.807) is 0 Å². The van der Waals surface area contributed by atoms with E-state index < -0.39 is 5.97 Å². The van der Waals surface area contributed by atoms with Crippen molar-refractivity contribution < 1.29 is 9.90 Å². The Morgan fingerprint density at radius 1 is 1.48 bits per heavy atom. The van der Waals surface area contributed by atoms with Gasteiger partial charge in [-0.05, 0) is 31.9 Å². The second-order valence-corrected chi connectivity index (χ2v) is 7.06. The molecule has 122 valence electrons. The van der Waals surface area contributed by atoms with Gasteiger partial charge in [-0.15, -0.1) is 0 Å². The number of aromatic amines is 1. The highest BCUT2D eigenvalue weighted by molar-refractivity contribution is 9.10. The Balaban J connectivity index is 1.72. The zero-order valence-electron chi connectivity index (χ0n) is 13.0. The molecule has 1 fully saturated rings. The van der Waals surface area contributed by atoms with Gasteiger partial charge in [0.15, 0.2) is 0 Å². The Kier molecular flexibility index (Phi) is 4.82. The fourth-order valence-electron chi connectivity index (χ4n) is 3.04. The number of carboxylic acids is 1. The minimum absolute atomic E-state index is 0.272. The molecule has 1 aliphatic heterocycles. The zero-order valence-corrected chi connectivity index (χ0v) is 14.6. The lowest BCUT2D eigenvalue weighted by molar-refractivity contribution is -0.144. The molecule has 1 aliphatic rings. The highest BCUT2D eigenvalue weighted by Gasteiger charge is 2.30. The van der Waals surface area contributed by atoms with Crippen molar-refractivity contribution in [2.45, 2.75) is 32.4 Å². The number of hydrogen-bond donors (Lipinski definition) is 2. The number of likely N-dealkylation sites (tertiary alicyclic amines) is 1. The first-order chi connectivity index (χ1) is 11.0. The van der Waals surface area contributed by atoms with Crippen LogP contribution in [0.4, 0.5) is 0 Å². The van der Waals surface area contributed by atoms with E-state index in [9.17, 15) is 9.90 Å². The van der Waals surface area contributed by atoms with E-state index in [1.807, 2.05) is 30.5 Å². The second kappa shape index (κ2) is 6.84. The maximum absolute atomic E-state index is 11.2. The summed E-state index contributed by atoms with van der Waals surface area (Å²) in [4.78, 5) is 21.2. The van der Waals surface area contributed by atoms with Gasteiger partial charge in [0.2, 0.25) is 0 Å². The summed E-state index contributed by atoms with van der Waals surface area (Å²) in [5.41, 5.74) is 2.05. The second-order valence-electron chi connectivity index (χ2n) is 6.14. The normalized spacial score (nSPS) is 22.2. The van der Waals surface area contributed by atoms with Gasteiger partial charge in [0, 0.05) is 22.6 Å². The van der Waals surface area contributed by atoms with Crippen LogP contribution in [0.25, 0.3) is 11.3 Å². The highest BCUT2D eigenvalue weighted by Crippen LogP contribution is 2.25. The van der Waals surface area contributed by atoms with Gasteiger partial charge >= 0.3 is 5.97 Å². The molecule has 3 rings (SSSR count). The Morgan fingerprint density at radius 3 is 3.04 bits per heavy atom. The van der Waals surface area contributed by atoms with E-state index in [4.69, 9.17) is 0 Å². The number of aliphatic carboxylic acids is 1. The van der Waals surface area contributed by atoms with Crippen LogP contribution in [-0.4, -0.2) is 38.5 Å². The molecule has 2 heterocycles. The zero-order chi connectivity index (χ0) is 16.4. The van der Waals surface area contributed by atoms with Crippen molar-refractivity contribution in [3.63, 3.8) is 0 Å². The van der Waals surface area contributed by atoms with Crippen LogP contribution in [0.1, 0.15) is 25.6 Å². The van der Waals surface area contributed by atoms with Crippen molar-refractivity contribution in [3.8, 4) is 11.3 Å². The third-order valence-corrected chi connectivity index (χ3v) is 4.97. The van der Waals surface area contributed by atoms with Crippen LogP contribution in [0.3, 0.4) is 0 Å². The fourth-order valence-corrected chi connectivity index (χ4v) is 3.44. The van der Waals surface area contributed by atoms with Gasteiger partial charge < -0.3 is 10.1 Å². The molecular weight excluding hydrogens is 358 g/mol. The Hall–Kier alpha value is -1.66. The molecule has 1 saturated heterocycles. The molecule has 0 radical (unpaired) electrons. The number of nitrogens with zero attached hydrogens (tertiary/aromatic N) is 2. The van der Waals surface area contributed by atoms with Crippen LogP contribution in [0.15, 0.2) is 34.9 Å². The lowest BCUT2D eigenvalue weighted by Crippen LogP contribution is -2.43. The number of imidazole rings is 1. The van der Waals surface area contributed by atoms with Crippen molar-refractivity contribution in [3.05, 3.63) is 40.8 Å². The molecular formula is C17H20BrN3O2.